The Hall–Kier alpha value is -2.10. The molecule has 2 aromatic rings. The third-order valence-electron chi connectivity index (χ3n) is 3.79. The van der Waals surface area contributed by atoms with E-state index >= 15 is 0 Å². The molecular formula is C17H18FNO2. The number of carbonyl (C=O) groups excluding carboxylic acids is 1. The fourth-order valence-electron chi connectivity index (χ4n) is 2.54. The van der Waals surface area contributed by atoms with Crippen molar-refractivity contribution in [3.63, 3.8) is 0 Å². The largest absolute Gasteiger partial charge is 0.466 e. The maximum absolute atomic E-state index is 13.0. The second-order valence-corrected chi connectivity index (χ2v) is 5.62. The maximum atomic E-state index is 13.0. The maximum Gasteiger partial charge on any atom is 0.257 e. The fourth-order valence-corrected chi connectivity index (χ4v) is 2.54. The zero-order valence-corrected chi connectivity index (χ0v) is 12.2. The van der Waals surface area contributed by atoms with Gasteiger partial charge in [0.05, 0.1) is 5.56 Å². The lowest BCUT2D eigenvalue weighted by Gasteiger charge is -2.22. The van der Waals surface area contributed by atoms with Crippen LogP contribution >= 0.6 is 0 Å². The summed E-state index contributed by atoms with van der Waals surface area (Å²) in [5.41, 5.74) is 1.57. The molecule has 1 aromatic heterocycles. The average molecular weight is 287 g/mol. The Kier molecular flexibility index (Phi) is 3.53. The molecule has 1 fully saturated rings. The molecule has 3 nitrogen and oxygen atoms in total. The molecule has 110 valence electrons. The predicted octanol–water partition coefficient (Wildman–Crippen LogP) is 3.84. The first-order valence-corrected chi connectivity index (χ1v) is 7.17. The van der Waals surface area contributed by atoms with Gasteiger partial charge in [-0.3, -0.25) is 4.79 Å². The van der Waals surface area contributed by atoms with E-state index in [0.29, 0.717) is 17.9 Å². The SMILES string of the molecule is Cc1cc(C(=O)N(Cc2ccc(F)cc2)C2CC2)c(C)o1. The highest BCUT2D eigenvalue weighted by atomic mass is 19.1. The summed E-state index contributed by atoms with van der Waals surface area (Å²) >= 11 is 0. The zero-order chi connectivity index (χ0) is 15.0. The van der Waals surface area contributed by atoms with E-state index in [0.717, 1.165) is 24.2 Å². The summed E-state index contributed by atoms with van der Waals surface area (Å²) in [6.45, 7) is 4.15. The van der Waals surface area contributed by atoms with Crippen molar-refractivity contribution < 1.29 is 13.6 Å². The standard InChI is InChI=1S/C17H18FNO2/c1-11-9-16(12(2)21-11)17(20)19(15-7-8-15)10-13-3-5-14(18)6-4-13/h3-6,9,15H,7-8,10H2,1-2H3. The molecule has 0 N–H and O–H groups in total. The summed E-state index contributed by atoms with van der Waals surface area (Å²) in [5, 5.41) is 0. The first kappa shape index (κ1) is 13.9. The molecule has 0 atom stereocenters. The highest BCUT2D eigenvalue weighted by molar-refractivity contribution is 5.95. The number of hydrogen-bond donors (Lipinski definition) is 0. The van der Waals surface area contributed by atoms with Crippen LogP contribution in [0.25, 0.3) is 0 Å². The first-order chi connectivity index (χ1) is 10.0. The van der Waals surface area contributed by atoms with Crippen LogP contribution in [0.15, 0.2) is 34.7 Å². The molecule has 1 aliphatic rings. The van der Waals surface area contributed by atoms with Gasteiger partial charge in [-0.05, 0) is 50.5 Å². The van der Waals surface area contributed by atoms with Crippen molar-refractivity contribution >= 4 is 5.91 Å². The molecule has 0 spiro atoms. The van der Waals surface area contributed by atoms with Crippen molar-refractivity contribution in [1.29, 1.82) is 0 Å². The van der Waals surface area contributed by atoms with Gasteiger partial charge in [0.2, 0.25) is 0 Å². The normalized spacial score (nSPS) is 14.2. The lowest BCUT2D eigenvalue weighted by atomic mass is 10.1. The van der Waals surface area contributed by atoms with E-state index in [4.69, 9.17) is 4.42 Å². The fraction of sp³-hybridized carbons (Fsp3) is 0.353. The number of nitrogens with zero attached hydrogens (tertiary/aromatic N) is 1. The minimum Gasteiger partial charge on any atom is -0.466 e. The van der Waals surface area contributed by atoms with E-state index in [1.807, 2.05) is 18.7 Å². The van der Waals surface area contributed by atoms with Crippen LogP contribution in [0, 0.1) is 19.7 Å². The van der Waals surface area contributed by atoms with Gasteiger partial charge in [-0.1, -0.05) is 12.1 Å². The number of aryl methyl sites for hydroxylation is 2. The quantitative estimate of drug-likeness (QED) is 0.856. The molecule has 0 saturated heterocycles. The Morgan fingerprint density at radius 2 is 1.95 bits per heavy atom. The highest BCUT2D eigenvalue weighted by Gasteiger charge is 2.34. The molecule has 0 radical (unpaired) electrons. The summed E-state index contributed by atoms with van der Waals surface area (Å²) in [6, 6.07) is 8.39. The summed E-state index contributed by atoms with van der Waals surface area (Å²) in [4.78, 5) is 14.6. The predicted molar refractivity (Wildman–Crippen MR) is 77.5 cm³/mol. The van der Waals surface area contributed by atoms with Gasteiger partial charge in [0, 0.05) is 12.6 Å². The molecule has 0 bridgehead atoms. The lowest BCUT2D eigenvalue weighted by Crippen LogP contribution is -2.32. The second kappa shape index (κ2) is 5.35. The van der Waals surface area contributed by atoms with E-state index in [1.54, 1.807) is 18.2 Å². The number of furan rings is 1. The summed E-state index contributed by atoms with van der Waals surface area (Å²) in [6.07, 6.45) is 2.06. The van der Waals surface area contributed by atoms with Gasteiger partial charge in [0.15, 0.2) is 0 Å². The van der Waals surface area contributed by atoms with Crippen LogP contribution in [-0.4, -0.2) is 16.8 Å². The molecular weight excluding hydrogens is 269 g/mol. The van der Waals surface area contributed by atoms with Gasteiger partial charge in [0.1, 0.15) is 17.3 Å². The van der Waals surface area contributed by atoms with Crippen molar-refractivity contribution in [1.82, 2.24) is 4.90 Å². The lowest BCUT2D eigenvalue weighted by molar-refractivity contribution is 0.0728. The Morgan fingerprint density at radius 1 is 1.29 bits per heavy atom. The molecule has 1 amide bonds. The summed E-state index contributed by atoms with van der Waals surface area (Å²) < 4.78 is 18.4. The highest BCUT2D eigenvalue weighted by Crippen LogP contribution is 2.31. The molecule has 1 heterocycles. The monoisotopic (exact) mass is 287 g/mol. The van der Waals surface area contributed by atoms with E-state index in [-0.39, 0.29) is 17.8 Å². The van der Waals surface area contributed by atoms with Gasteiger partial charge in [0.25, 0.3) is 5.91 Å². The molecule has 1 aliphatic carbocycles. The molecule has 0 unspecified atom stereocenters. The number of carbonyl (C=O) groups is 1. The van der Waals surface area contributed by atoms with Gasteiger partial charge < -0.3 is 9.32 Å². The Morgan fingerprint density at radius 3 is 2.48 bits per heavy atom. The smallest absolute Gasteiger partial charge is 0.257 e. The van der Waals surface area contributed by atoms with Crippen LogP contribution < -0.4 is 0 Å². The molecule has 4 heteroatoms. The van der Waals surface area contributed by atoms with Crippen LogP contribution in [0.1, 0.15) is 40.3 Å². The first-order valence-electron chi connectivity index (χ1n) is 7.17. The Labute approximate surface area is 123 Å². The van der Waals surface area contributed by atoms with Crippen molar-refractivity contribution in [3.05, 3.63) is 58.8 Å². The molecule has 1 aromatic carbocycles. The van der Waals surface area contributed by atoms with Crippen LogP contribution in [-0.2, 0) is 6.54 Å². The number of halogens is 1. The van der Waals surface area contributed by atoms with Gasteiger partial charge in [-0.25, -0.2) is 4.39 Å². The van der Waals surface area contributed by atoms with E-state index in [2.05, 4.69) is 0 Å². The van der Waals surface area contributed by atoms with Crippen LogP contribution in [0.5, 0.6) is 0 Å². The van der Waals surface area contributed by atoms with E-state index in [9.17, 15) is 9.18 Å². The number of rotatable bonds is 4. The minimum absolute atomic E-state index is 0.00354. The van der Waals surface area contributed by atoms with Gasteiger partial charge >= 0.3 is 0 Å². The molecule has 0 aliphatic heterocycles. The number of benzene rings is 1. The van der Waals surface area contributed by atoms with Gasteiger partial charge in [-0.2, -0.15) is 0 Å². The molecule has 1 saturated carbocycles. The van der Waals surface area contributed by atoms with E-state index < -0.39 is 0 Å². The van der Waals surface area contributed by atoms with Crippen molar-refractivity contribution in [3.8, 4) is 0 Å². The minimum atomic E-state index is -0.260. The Bertz CT molecular complexity index is 656. The topological polar surface area (TPSA) is 33.5 Å². The second-order valence-electron chi connectivity index (χ2n) is 5.62. The third kappa shape index (κ3) is 2.99. The zero-order valence-electron chi connectivity index (χ0n) is 12.2. The van der Waals surface area contributed by atoms with Crippen molar-refractivity contribution in [2.75, 3.05) is 0 Å². The number of hydrogen-bond acceptors (Lipinski definition) is 2. The van der Waals surface area contributed by atoms with Gasteiger partial charge in [-0.15, -0.1) is 0 Å². The van der Waals surface area contributed by atoms with E-state index in [1.165, 1.54) is 12.1 Å². The van der Waals surface area contributed by atoms with Crippen LogP contribution in [0.2, 0.25) is 0 Å². The average Bonchev–Trinajstić information content (AvgIpc) is 3.22. The van der Waals surface area contributed by atoms with Crippen LogP contribution in [0.4, 0.5) is 4.39 Å². The summed E-state index contributed by atoms with van der Waals surface area (Å²) in [7, 11) is 0. The molecule has 3 rings (SSSR count). The molecule has 21 heavy (non-hydrogen) atoms. The Balaban J connectivity index is 1.83. The number of amides is 1. The van der Waals surface area contributed by atoms with Crippen molar-refractivity contribution in [2.45, 2.75) is 39.3 Å². The van der Waals surface area contributed by atoms with Crippen LogP contribution in [0.3, 0.4) is 0 Å². The van der Waals surface area contributed by atoms with Crippen molar-refractivity contribution in [2.24, 2.45) is 0 Å². The third-order valence-corrected chi connectivity index (χ3v) is 3.79. The summed E-state index contributed by atoms with van der Waals surface area (Å²) in [5.74, 6) is 1.14.